The zero-order chi connectivity index (χ0) is 19.7. The second-order valence-electron chi connectivity index (χ2n) is 6.30. The zero-order valence-electron chi connectivity index (χ0n) is 14.5. The Morgan fingerprint density at radius 1 is 1.11 bits per heavy atom. The largest absolute Gasteiger partial charge is 0.470 e. The molecule has 9 heteroatoms. The number of halogens is 3. The average molecular weight is 388 g/mol. The van der Waals surface area contributed by atoms with Gasteiger partial charge in [0, 0.05) is 24.2 Å². The molecule has 1 aliphatic heterocycles. The number of rotatable bonds is 4. The fraction of sp³-hybridized carbons (Fsp3) is 0.211. The average Bonchev–Trinajstić information content (AvgIpc) is 3.18. The second kappa shape index (κ2) is 6.99. The van der Waals surface area contributed by atoms with Crippen LogP contribution in [0, 0.1) is 0 Å². The van der Waals surface area contributed by atoms with E-state index in [9.17, 15) is 18.0 Å². The summed E-state index contributed by atoms with van der Waals surface area (Å²) in [4.78, 5) is 17.8. The molecule has 0 saturated carbocycles. The van der Waals surface area contributed by atoms with Gasteiger partial charge in [0.15, 0.2) is 0 Å². The molecule has 6 nitrogen and oxygen atoms in total. The van der Waals surface area contributed by atoms with Crippen molar-refractivity contribution >= 4 is 5.91 Å². The molecular weight excluding hydrogens is 373 g/mol. The number of nitrogens with zero attached hydrogens (tertiary/aromatic N) is 4. The van der Waals surface area contributed by atoms with E-state index in [-0.39, 0.29) is 19.0 Å². The summed E-state index contributed by atoms with van der Waals surface area (Å²) in [5.41, 5.74) is 0.291. The van der Waals surface area contributed by atoms with Crippen molar-refractivity contribution in [2.45, 2.75) is 12.3 Å². The van der Waals surface area contributed by atoms with Crippen molar-refractivity contribution in [3.63, 3.8) is 0 Å². The quantitative estimate of drug-likeness (QED) is 0.689. The molecule has 3 heterocycles. The standard InChI is InChI=1S/C19H15F3N4O2/c20-19(21,22)16-6-2-7-23-17(16)28-15-11-25(12-15)18(27)13-4-1-5-14(10-13)26-9-3-8-24-26/h1-10,15H,11-12H2. The Hall–Kier alpha value is -3.36. The van der Waals surface area contributed by atoms with Crippen LogP contribution in [0.15, 0.2) is 61.1 Å². The second-order valence-corrected chi connectivity index (χ2v) is 6.30. The molecule has 28 heavy (non-hydrogen) atoms. The van der Waals surface area contributed by atoms with Crippen LogP contribution >= 0.6 is 0 Å². The van der Waals surface area contributed by atoms with Gasteiger partial charge in [-0.2, -0.15) is 18.3 Å². The van der Waals surface area contributed by atoms with Gasteiger partial charge < -0.3 is 9.64 Å². The molecule has 0 radical (unpaired) electrons. The molecule has 1 aromatic carbocycles. The summed E-state index contributed by atoms with van der Waals surface area (Å²) in [6.07, 6.45) is -0.432. The minimum Gasteiger partial charge on any atom is -0.470 e. The SMILES string of the molecule is O=C(c1cccc(-n2cccn2)c1)N1CC(Oc2ncccc2C(F)(F)F)C1. The molecule has 144 valence electrons. The third kappa shape index (κ3) is 3.55. The molecule has 1 aliphatic rings. The summed E-state index contributed by atoms with van der Waals surface area (Å²) < 4.78 is 46.0. The summed E-state index contributed by atoms with van der Waals surface area (Å²) in [6, 6.07) is 10.9. The van der Waals surface area contributed by atoms with Crippen LogP contribution in [0.2, 0.25) is 0 Å². The monoisotopic (exact) mass is 388 g/mol. The molecule has 0 aliphatic carbocycles. The maximum absolute atomic E-state index is 13.0. The van der Waals surface area contributed by atoms with Crippen LogP contribution in [0.5, 0.6) is 5.88 Å². The number of ether oxygens (including phenoxy) is 1. The molecule has 1 saturated heterocycles. The zero-order valence-corrected chi connectivity index (χ0v) is 14.5. The van der Waals surface area contributed by atoms with Crippen LogP contribution in [0.1, 0.15) is 15.9 Å². The van der Waals surface area contributed by atoms with Crippen molar-refractivity contribution in [2.75, 3.05) is 13.1 Å². The van der Waals surface area contributed by atoms with Crippen molar-refractivity contribution in [3.8, 4) is 11.6 Å². The lowest BCUT2D eigenvalue weighted by atomic mass is 10.1. The van der Waals surface area contributed by atoms with E-state index in [2.05, 4.69) is 10.1 Å². The van der Waals surface area contributed by atoms with Crippen molar-refractivity contribution in [2.24, 2.45) is 0 Å². The molecule has 0 spiro atoms. The van der Waals surface area contributed by atoms with Gasteiger partial charge in [0.2, 0.25) is 5.88 Å². The van der Waals surface area contributed by atoms with Crippen molar-refractivity contribution in [1.29, 1.82) is 0 Å². The van der Waals surface area contributed by atoms with E-state index in [1.54, 1.807) is 41.3 Å². The first-order valence-electron chi connectivity index (χ1n) is 8.50. The molecule has 1 amide bonds. The van der Waals surface area contributed by atoms with Crippen LogP contribution in [0.3, 0.4) is 0 Å². The van der Waals surface area contributed by atoms with Crippen LogP contribution in [0.4, 0.5) is 13.2 Å². The number of carbonyl (C=O) groups is 1. The van der Waals surface area contributed by atoms with Crippen molar-refractivity contribution in [1.82, 2.24) is 19.7 Å². The van der Waals surface area contributed by atoms with Crippen molar-refractivity contribution < 1.29 is 22.7 Å². The van der Waals surface area contributed by atoms with Gasteiger partial charge >= 0.3 is 6.18 Å². The summed E-state index contributed by atoms with van der Waals surface area (Å²) in [7, 11) is 0. The van der Waals surface area contributed by atoms with E-state index in [1.165, 1.54) is 17.2 Å². The van der Waals surface area contributed by atoms with E-state index in [0.717, 1.165) is 11.8 Å². The fourth-order valence-corrected chi connectivity index (χ4v) is 2.92. The maximum Gasteiger partial charge on any atom is 0.421 e. The van der Waals surface area contributed by atoms with E-state index in [0.29, 0.717) is 5.56 Å². The molecule has 4 rings (SSSR count). The van der Waals surface area contributed by atoms with Gasteiger partial charge in [-0.05, 0) is 36.4 Å². The Labute approximate surface area is 158 Å². The number of aromatic nitrogens is 3. The van der Waals surface area contributed by atoms with Gasteiger partial charge in [-0.25, -0.2) is 9.67 Å². The van der Waals surface area contributed by atoms with Gasteiger partial charge in [-0.3, -0.25) is 4.79 Å². The number of alkyl halides is 3. The molecular formula is C19H15F3N4O2. The summed E-state index contributed by atoms with van der Waals surface area (Å²) in [5, 5.41) is 4.13. The number of likely N-dealkylation sites (tertiary alicyclic amines) is 1. The topological polar surface area (TPSA) is 60.2 Å². The first-order valence-corrected chi connectivity index (χ1v) is 8.50. The summed E-state index contributed by atoms with van der Waals surface area (Å²) >= 11 is 0. The minimum absolute atomic E-state index is 0.193. The van der Waals surface area contributed by atoms with Gasteiger partial charge in [-0.15, -0.1) is 0 Å². The Kier molecular flexibility index (Phi) is 4.50. The van der Waals surface area contributed by atoms with E-state index in [4.69, 9.17) is 4.74 Å². The van der Waals surface area contributed by atoms with Gasteiger partial charge in [0.05, 0.1) is 18.8 Å². The smallest absolute Gasteiger partial charge is 0.421 e. The highest BCUT2D eigenvalue weighted by atomic mass is 19.4. The molecule has 3 aromatic rings. The number of hydrogen-bond acceptors (Lipinski definition) is 4. The maximum atomic E-state index is 13.0. The number of pyridine rings is 1. The third-order valence-electron chi connectivity index (χ3n) is 4.35. The number of amides is 1. The predicted molar refractivity (Wildman–Crippen MR) is 93.1 cm³/mol. The Morgan fingerprint density at radius 3 is 2.64 bits per heavy atom. The summed E-state index contributed by atoms with van der Waals surface area (Å²) in [5.74, 6) is -0.682. The van der Waals surface area contributed by atoms with Gasteiger partial charge in [0.1, 0.15) is 11.7 Å². The van der Waals surface area contributed by atoms with Gasteiger partial charge in [0.25, 0.3) is 5.91 Å². The Balaban J connectivity index is 1.41. The third-order valence-corrected chi connectivity index (χ3v) is 4.35. The van der Waals surface area contributed by atoms with Gasteiger partial charge in [-0.1, -0.05) is 6.07 Å². The van der Waals surface area contributed by atoms with Crippen LogP contribution < -0.4 is 4.74 Å². The first-order chi connectivity index (χ1) is 13.4. The van der Waals surface area contributed by atoms with Crippen LogP contribution in [-0.4, -0.2) is 44.8 Å². The normalized spacial score (nSPS) is 14.6. The molecule has 0 unspecified atom stereocenters. The molecule has 0 N–H and O–H groups in total. The van der Waals surface area contributed by atoms with Crippen LogP contribution in [0.25, 0.3) is 5.69 Å². The summed E-state index contributed by atoms with van der Waals surface area (Å²) in [6.45, 7) is 0.386. The molecule has 1 fully saturated rings. The van der Waals surface area contributed by atoms with Crippen molar-refractivity contribution in [3.05, 3.63) is 72.2 Å². The fourth-order valence-electron chi connectivity index (χ4n) is 2.92. The minimum atomic E-state index is -4.55. The number of carbonyl (C=O) groups excluding carboxylic acids is 1. The number of hydrogen-bond donors (Lipinski definition) is 0. The Bertz CT molecular complexity index is 983. The van der Waals surface area contributed by atoms with Crippen LogP contribution in [-0.2, 0) is 6.18 Å². The lowest BCUT2D eigenvalue weighted by Gasteiger charge is -2.39. The molecule has 0 bridgehead atoms. The number of benzene rings is 1. The van der Waals surface area contributed by atoms with E-state index < -0.39 is 23.7 Å². The Morgan fingerprint density at radius 2 is 1.93 bits per heavy atom. The highest BCUT2D eigenvalue weighted by Gasteiger charge is 2.38. The first kappa shape index (κ1) is 18.0. The highest BCUT2D eigenvalue weighted by Crippen LogP contribution is 2.35. The lowest BCUT2D eigenvalue weighted by Crippen LogP contribution is -2.56. The molecule has 0 atom stereocenters. The van der Waals surface area contributed by atoms with E-state index in [1.807, 2.05) is 6.07 Å². The lowest BCUT2D eigenvalue weighted by molar-refractivity contribution is -0.140. The van der Waals surface area contributed by atoms with E-state index >= 15 is 0 Å². The highest BCUT2D eigenvalue weighted by molar-refractivity contribution is 5.95. The predicted octanol–water partition coefficient (Wildman–Crippen LogP) is 3.19. The molecule has 2 aromatic heterocycles.